The van der Waals surface area contributed by atoms with Crippen LogP contribution in [0, 0.1) is 0 Å². The first kappa shape index (κ1) is 15.7. The van der Waals surface area contributed by atoms with Crippen molar-refractivity contribution in [1.82, 2.24) is 5.32 Å². The molecular formula is C13H23NO3. The Labute approximate surface area is 103 Å². The predicted octanol–water partition coefficient (Wildman–Crippen LogP) is 2.19. The van der Waals surface area contributed by atoms with Gasteiger partial charge in [0.2, 0.25) is 5.91 Å². The Bertz CT molecular complexity index is 296. The van der Waals surface area contributed by atoms with Crippen molar-refractivity contribution in [2.45, 2.75) is 53.1 Å². The third kappa shape index (κ3) is 11.0. The molecule has 0 unspecified atom stereocenters. The molecule has 0 fully saturated rings. The highest BCUT2D eigenvalue weighted by molar-refractivity contribution is 5.81. The van der Waals surface area contributed by atoms with Crippen LogP contribution in [0.3, 0.4) is 0 Å². The molecule has 0 rings (SSSR count). The van der Waals surface area contributed by atoms with Crippen LogP contribution in [0.1, 0.15) is 47.5 Å². The van der Waals surface area contributed by atoms with Crippen LogP contribution in [-0.2, 0) is 14.3 Å². The van der Waals surface area contributed by atoms with Gasteiger partial charge in [-0.2, -0.15) is 0 Å². The fraction of sp³-hybridized carbons (Fsp3) is 0.692. The van der Waals surface area contributed by atoms with Gasteiger partial charge in [-0.05, 0) is 34.6 Å². The minimum Gasteiger partial charge on any atom is -0.460 e. The van der Waals surface area contributed by atoms with Crippen LogP contribution in [0.5, 0.6) is 0 Å². The summed E-state index contributed by atoms with van der Waals surface area (Å²) in [5.74, 6) is -0.469. The number of ether oxygens (including phenoxy) is 1. The second-order valence-electron chi connectivity index (χ2n) is 5.17. The topological polar surface area (TPSA) is 55.4 Å². The first-order chi connectivity index (χ1) is 7.70. The van der Waals surface area contributed by atoms with E-state index in [1.54, 1.807) is 20.8 Å². The van der Waals surface area contributed by atoms with Gasteiger partial charge in [0.25, 0.3) is 0 Å². The molecule has 1 amide bonds. The third-order valence-corrected chi connectivity index (χ3v) is 1.79. The fourth-order valence-corrected chi connectivity index (χ4v) is 1.07. The smallest absolute Gasteiger partial charge is 0.306 e. The second kappa shape index (κ2) is 7.09. The summed E-state index contributed by atoms with van der Waals surface area (Å²) in [5.41, 5.74) is 0.660. The molecular weight excluding hydrogens is 218 g/mol. The van der Waals surface area contributed by atoms with E-state index in [0.717, 1.165) is 5.57 Å². The second-order valence-corrected chi connectivity index (χ2v) is 5.17. The molecule has 0 bridgehead atoms. The Balaban J connectivity index is 3.78. The van der Waals surface area contributed by atoms with Gasteiger partial charge in [-0.3, -0.25) is 9.59 Å². The number of nitrogens with one attached hydrogen (secondary N) is 1. The van der Waals surface area contributed by atoms with E-state index in [9.17, 15) is 9.59 Å². The lowest BCUT2D eigenvalue weighted by molar-refractivity contribution is -0.155. The SMILES string of the molecule is CC(C)=CCNC(=O)CCC(=O)OC(C)(C)C. The maximum Gasteiger partial charge on any atom is 0.306 e. The molecule has 0 aromatic rings. The molecule has 17 heavy (non-hydrogen) atoms. The molecule has 0 spiro atoms. The predicted molar refractivity (Wildman–Crippen MR) is 67.5 cm³/mol. The summed E-state index contributed by atoms with van der Waals surface area (Å²) in [6, 6.07) is 0. The molecule has 1 N–H and O–H groups in total. The molecule has 0 heterocycles. The highest BCUT2D eigenvalue weighted by atomic mass is 16.6. The van der Waals surface area contributed by atoms with Gasteiger partial charge in [0.1, 0.15) is 5.60 Å². The molecule has 0 aliphatic heterocycles. The van der Waals surface area contributed by atoms with Crippen molar-refractivity contribution in [2.75, 3.05) is 6.54 Å². The first-order valence-corrected chi connectivity index (χ1v) is 5.82. The molecule has 0 aromatic carbocycles. The Morgan fingerprint density at radius 1 is 1.18 bits per heavy atom. The Morgan fingerprint density at radius 3 is 2.24 bits per heavy atom. The number of hydrogen-bond donors (Lipinski definition) is 1. The van der Waals surface area contributed by atoms with E-state index in [1.165, 1.54) is 0 Å². The average Bonchev–Trinajstić information content (AvgIpc) is 2.11. The zero-order valence-electron chi connectivity index (χ0n) is 11.4. The quantitative estimate of drug-likeness (QED) is 0.593. The van der Waals surface area contributed by atoms with E-state index in [1.807, 2.05) is 19.9 Å². The highest BCUT2D eigenvalue weighted by Crippen LogP contribution is 2.08. The summed E-state index contributed by atoms with van der Waals surface area (Å²) in [6.07, 6.45) is 2.22. The molecule has 4 nitrogen and oxygen atoms in total. The summed E-state index contributed by atoms with van der Waals surface area (Å²) in [5, 5.41) is 2.71. The molecule has 0 aromatic heterocycles. The van der Waals surface area contributed by atoms with E-state index < -0.39 is 5.60 Å². The summed E-state index contributed by atoms with van der Waals surface area (Å²) in [4.78, 5) is 22.7. The lowest BCUT2D eigenvalue weighted by atomic mass is 10.2. The molecule has 0 aliphatic rings. The van der Waals surface area contributed by atoms with Crippen molar-refractivity contribution >= 4 is 11.9 Å². The number of rotatable bonds is 5. The molecule has 0 saturated heterocycles. The van der Waals surface area contributed by atoms with Crippen molar-refractivity contribution in [2.24, 2.45) is 0 Å². The molecule has 98 valence electrons. The lowest BCUT2D eigenvalue weighted by Crippen LogP contribution is -2.27. The largest absolute Gasteiger partial charge is 0.460 e. The van der Waals surface area contributed by atoms with E-state index in [0.29, 0.717) is 6.54 Å². The van der Waals surface area contributed by atoms with Gasteiger partial charge in [-0.15, -0.1) is 0 Å². The van der Waals surface area contributed by atoms with Gasteiger partial charge in [0, 0.05) is 13.0 Å². The Morgan fingerprint density at radius 2 is 1.76 bits per heavy atom. The first-order valence-electron chi connectivity index (χ1n) is 5.82. The van der Waals surface area contributed by atoms with Crippen molar-refractivity contribution in [3.8, 4) is 0 Å². The van der Waals surface area contributed by atoms with Gasteiger partial charge < -0.3 is 10.1 Å². The van der Waals surface area contributed by atoms with Gasteiger partial charge >= 0.3 is 5.97 Å². The molecule has 0 atom stereocenters. The minimum absolute atomic E-state index is 0.123. The van der Waals surface area contributed by atoms with Crippen LogP contribution in [0.4, 0.5) is 0 Å². The van der Waals surface area contributed by atoms with E-state index in [4.69, 9.17) is 4.74 Å². The van der Waals surface area contributed by atoms with Gasteiger partial charge in [0.15, 0.2) is 0 Å². The number of esters is 1. The summed E-state index contributed by atoms with van der Waals surface area (Å²) in [6.45, 7) is 9.86. The van der Waals surface area contributed by atoms with Gasteiger partial charge in [-0.1, -0.05) is 11.6 Å². The van der Waals surface area contributed by atoms with Crippen LogP contribution in [0.25, 0.3) is 0 Å². The van der Waals surface area contributed by atoms with Gasteiger partial charge in [0.05, 0.1) is 6.42 Å². The maximum absolute atomic E-state index is 11.3. The number of carbonyl (C=O) groups excluding carboxylic acids is 2. The van der Waals surface area contributed by atoms with Crippen LogP contribution in [0.2, 0.25) is 0 Å². The van der Waals surface area contributed by atoms with Crippen molar-refractivity contribution in [1.29, 1.82) is 0 Å². The Kier molecular flexibility index (Phi) is 6.54. The normalized spacial score (nSPS) is 10.6. The van der Waals surface area contributed by atoms with Crippen LogP contribution in [-0.4, -0.2) is 24.0 Å². The molecule has 0 aliphatic carbocycles. The average molecular weight is 241 g/mol. The number of amides is 1. The Hall–Kier alpha value is -1.32. The lowest BCUT2D eigenvalue weighted by Gasteiger charge is -2.19. The number of hydrogen-bond acceptors (Lipinski definition) is 3. The standard InChI is InChI=1S/C13H23NO3/c1-10(2)8-9-14-11(15)6-7-12(16)17-13(3,4)5/h8H,6-7,9H2,1-5H3,(H,14,15). The van der Waals surface area contributed by atoms with Crippen LogP contribution < -0.4 is 5.32 Å². The minimum atomic E-state index is -0.490. The molecule has 0 radical (unpaired) electrons. The zero-order chi connectivity index (χ0) is 13.5. The molecule has 4 heteroatoms. The summed E-state index contributed by atoms with van der Waals surface area (Å²) >= 11 is 0. The van der Waals surface area contributed by atoms with E-state index in [2.05, 4.69) is 5.32 Å². The van der Waals surface area contributed by atoms with Crippen molar-refractivity contribution in [3.05, 3.63) is 11.6 Å². The summed E-state index contributed by atoms with van der Waals surface area (Å²) < 4.78 is 5.10. The molecule has 0 saturated carbocycles. The number of carbonyl (C=O) groups is 2. The fourth-order valence-electron chi connectivity index (χ4n) is 1.07. The zero-order valence-corrected chi connectivity index (χ0v) is 11.4. The summed E-state index contributed by atoms with van der Waals surface area (Å²) in [7, 11) is 0. The number of allylic oxidation sites excluding steroid dienone is 1. The monoisotopic (exact) mass is 241 g/mol. The van der Waals surface area contributed by atoms with Crippen molar-refractivity contribution < 1.29 is 14.3 Å². The van der Waals surface area contributed by atoms with E-state index in [-0.39, 0.29) is 24.7 Å². The van der Waals surface area contributed by atoms with Crippen LogP contribution >= 0.6 is 0 Å². The van der Waals surface area contributed by atoms with E-state index >= 15 is 0 Å². The van der Waals surface area contributed by atoms with Crippen molar-refractivity contribution in [3.63, 3.8) is 0 Å². The van der Waals surface area contributed by atoms with Gasteiger partial charge in [-0.25, -0.2) is 0 Å². The van der Waals surface area contributed by atoms with Crippen LogP contribution in [0.15, 0.2) is 11.6 Å². The maximum atomic E-state index is 11.3. The highest BCUT2D eigenvalue weighted by Gasteiger charge is 2.16. The third-order valence-electron chi connectivity index (χ3n) is 1.79.